The maximum atomic E-state index is 5.49. The van der Waals surface area contributed by atoms with Crippen LogP contribution in [0.2, 0.25) is 0 Å². The Morgan fingerprint density at radius 1 is 1.62 bits per heavy atom. The van der Waals surface area contributed by atoms with E-state index in [2.05, 4.69) is 25.9 Å². The molecular weight excluding hydrogens is 234 g/mol. The summed E-state index contributed by atoms with van der Waals surface area (Å²) in [5.74, 6) is 1.40. The van der Waals surface area contributed by atoms with Crippen LogP contribution in [0.3, 0.4) is 0 Å². The largest absolute Gasteiger partial charge is 0.461 e. The van der Waals surface area contributed by atoms with Gasteiger partial charge in [0.05, 0.1) is 12.0 Å². The molecule has 0 aromatic carbocycles. The van der Waals surface area contributed by atoms with Crippen molar-refractivity contribution in [2.24, 2.45) is 5.73 Å². The number of nitrogens with one attached hydrogen (secondary N) is 1. The number of furan rings is 1. The highest BCUT2D eigenvalue weighted by molar-refractivity contribution is 9.10. The number of hydrogen-bond acceptors (Lipinski definition) is 3. The lowest BCUT2D eigenvalue weighted by molar-refractivity contribution is 0.578. The number of halogens is 1. The van der Waals surface area contributed by atoms with Gasteiger partial charge in [-0.25, -0.2) is 4.98 Å². The summed E-state index contributed by atoms with van der Waals surface area (Å²) in [5.41, 5.74) is 6.35. The Balaban J connectivity index is 2.43. The molecule has 0 amide bonds. The molecule has 0 bridgehead atoms. The van der Waals surface area contributed by atoms with Gasteiger partial charge < -0.3 is 15.1 Å². The van der Waals surface area contributed by atoms with Crippen molar-refractivity contribution in [3.8, 4) is 11.6 Å². The van der Waals surface area contributed by atoms with Gasteiger partial charge in [0.1, 0.15) is 4.60 Å². The number of H-pyrrole nitrogens is 1. The molecule has 5 heteroatoms. The zero-order valence-electron chi connectivity index (χ0n) is 6.75. The number of nitrogens with two attached hydrogens (primary N) is 1. The summed E-state index contributed by atoms with van der Waals surface area (Å²) >= 11 is 3.30. The van der Waals surface area contributed by atoms with Crippen molar-refractivity contribution in [2.75, 3.05) is 0 Å². The van der Waals surface area contributed by atoms with E-state index < -0.39 is 0 Å². The molecule has 0 aliphatic carbocycles. The van der Waals surface area contributed by atoms with Crippen molar-refractivity contribution in [3.05, 3.63) is 28.7 Å². The van der Waals surface area contributed by atoms with Crippen LogP contribution in [0, 0.1) is 0 Å². The van der Waals surface area contributed by atoms with Crippen LogP contribution in [0.5, 0.6) is 0 Å². The van der Waals surface area contributed by atoms with Crippen LogP contribution in [-0.2, 0) is 6.54 Å². The Kier molecular flexibility index (Phi) is 2.20. The van der Waals surface area contributed by atoms with E-state index in [1.807, 2.05) is 12.1 Å². The lowest BCUT2D eigenvalue weighted by Crippen LogP contribution is -1.96. The van der Waals surface area contributed by atoms with Gasteiger partial charge in [0.15, 0.2) is 11.6 Å². The molecular formula is C8H8BrN3O. The fourth-order valence-electron chi connectivity index (χ4n) is 1.05. The Morgan fingerprint density at radius 2 is 2.46 bits per heavy atom. The molecule has 0 unspecified atom stereocenters. The predicted molar refractivity (Wildman–Crippen MR) is 51.9 cm³/mol. The fraction of sp³-hybridized carbons (Fsp3) is 0.125. The second kappa shape index (κ2) is 3.35. The minimum absolute atomic E-state index is 0.425. The third-order valence-corrected chi connectivity index (χ3v) is 2.34. The summed E-state index contributed by atoms with van der Waals surface area (Å²) in [6.45, 7) is 0.425. The number of imidazole rings is 1. The number of aromatic amines is 1. The van der Waals surface area contributed by atoms with Crippen LogP contribution in [0.15, 0.2) is 27.4 Å². The molecule has 2 aromatic heterocycles. The van der Waals surface area contributed by atoms with Crippen LogP contribution in [-0.4, -0.2) is 9.97 Å². The van der Waals surface area contributed by atoms with Gasteiger partial charge >= 0.3 is 0 Å². The molecule has 0 saturated heterocycles. The zero-order chi connectivity index (χ0) is 9.26. The molecule has 0 aliphatic rings. The Hall–Kier alpha value is -1.07. The maximum absolute atomic E-state index is 5.49. The first-order valence-electron chi connectivity index (χ1n) is 3.79. The summed E-state index contributed by atoms with van der Waals surface area (Å²) in [6, 6.07) is 3.65. The Bertz CT molecular complexity index is 393. The monoisotopic (exact) mass is 241 g/mol. The van der Waals surface area contributed by atoms with E-state index in [0.29, 0.717) is 18.1 Å². The Morgan fingerprint density at radius 3 is 3.00 bits per heavy atom. The molecule has 2 aromatic rings. The van der Waals surface area contributed by atoms with Gasteiger partial charge in [-0.05, 0) is 28.1 Å². The number of rotatable bonds is 2. The molecule has 0 atom stereocenters. The molecule has 0 spiro atoms. The molecule has 3 N–H and O–H groups in total. The van der Waals surface area contributed by atoms with Gasteiger partial charge in [0.25, 0.3) is 0 Å². The highest BCUT2D eigenvalue weighted by atomic mass is 79.9. The van der Waals surface area contributed by atoms with Crippen molar-refractivity contribution in [2.45, 2.75) is 6.54 Å². The second-order valence-corrected chi connectivity index (χ2v) is 3.29. The molecule has 0 saturated carbocycles. The van der Waals surface area contributed by atoms with E-state index >= 15 is 0 Å². The van der Waals surface area contributed by atoms with Crippen LogP contribution in [0.4, 0.5) is 0 Å². The SMILES string of the molecule is NCc1[nH]c(-c2ccco2)nc1Br. The van der Waals surface area contributed by atoms with E-state index in [4.69, 9.17) is 10.2 Å². The minimum Gasteiger partial charge on any atom is -0.461 e. The number of aromatic nitrogens is 2. The first-order chi connectivity index (χ1) is 6.31. The molecule has 2 rings (SSSR count). The normalized spacial score (nSPS) is 10.6. The van der Waals surface area contributed by atoms with Crippen LogP contribution in [0.25, 0.3) is 11.6 Å². The summed E-state index contributed by atoms with van der Waals surface area (Å²) in [6.07, 6.45) is 1.61. The van der Waals surface area contributed by atoms with E-state index in [9.17, 15) is 0 Å². The first-order valence-corrected chi connectivity index (χ1v) is 4.59. The third kappa shape index (κ3) is 1.52. The van der Waals surface area contributed by atoms with E-state index in [0.717, 1.165) is 10.3 Å². The molecule has 0 fully saturated rings. The van der Waals surface area contributed by atoms with Crippen molar-refractivity contribution >= 4 is 15.9 Å². The van der Waals surface area contributed by atoms with Crippen LogP contribution >= 0.6 is 15.9 Å². The standard InChI is InChI=1S/C8H8BrN3O/c9-7-5(4-10)11-8(12-7)6-2-1-3-13-6/h1-3H,4,10H2,(H,11,12). The molecule has 0 radical (unpaired) electrons. The van der Waals surface area contributed by atoms with Crippen LogP contribution < -0.4 is 5.73 Å². The topological polar surface area (TPSA) is 67.8 Å². The van der Waals surface area contributed by atoms with Crippen molar-refractivity contribution < 1.29 is 4.42 Å². The van der Waals surface area contributed by atoms with E-state index in [1.54, 1.807) is 6.26 Å². The van der Waals surface area contributed by atoms with Gasteiger partial charge in [-0.2, -0.15) is 0 Å². The highest BCUT2D eigenvalue weighted by Gasteiger charge is 2.09. The molecule has 4 nitrogen and oxygen atoms in total. The van der Waals surface area contributed by atoms with Gasteiger partial charge in [-0.3, -0.25) is 0 Å². The van der Waals surface area contributed by atoms with E-state index in [1.165, 1.54) is 0 Å². The van der Waals surface area contributed by atoms with Gasteiger partial charge in [0.2, 0.25) is 0 Å². The van der Waals surface area contributed by atoms with E-state index in [-0.39, 0.29) is 0 Å². The lowest BCUT2D eigenvalue weighted by atomic mass is 10.4. The quantitative estimate of drug-likeness (QED) is 0.844. The predicted octanol–water partition coefficient (Wildman–Crippen LogP) is 1.89. The van der Waals surface area contributed by atoms with Crippen molar-refractivity contribution in [3.63, 3.8) is 0 Å². The summed E-state index contributed by atoms with van der Waals surface area (Å²) in [7, 11) is 0. The number of hydrogen-bond donors (Lipinski definition) is 2. The first kappa shape index (κ1) is 8.52. The second-order valence-electron chi connectivity index (χ2n) is 2.54. The minimum atomic E-state index is 0.425. The Labute approximate surface area is 83.3 Å². The number of nitrogens with zero attached hydrogens (tertiary/aromatic N) is 1. The van der Waals surface area contributed by atoms with Gasteiger partial charge in [-0.15, -0.1) is 0 Å². The zero-order valence-corrected chi connectivity index (χ0v) is 8.34. The molecule has 0 aliphatic heterocycles. The molecule has 2 heterocycles. The lowest BCUT2D eigenvalue weighted by Gasteiger charge is -1.88. The highest BCUT2D eigenvalue weighted by Crippen LogP contribution is 2.21. The third-order valence-electron chi connectivity index (χ3n) is 1.69. The average molecular weight is 242 g/mol. The van der Waals surface area contributed by atoms with Crippen LogP contribution in [0.1, 0.15) is 5.69 Å². The van der Waals surface area contributed by atoms with Gasteiger partial charge in [0, 0.05) is 6.54 Å². The molecule has 68 valence electrons. The van der Waals surface area contributed by atoms with Crippen molar-refractivity contribution in [1.29, 1.82) is 0 Å². The molecule has 13 heavy (non-hydrogen) atoms. The fourth-order valence-corrected chi connectivity index (χ4v) is 1.49. The van der Waals surface area contributed by atoms with Gasteiger partial charge in [-0.1, -0.05) is 0 Å². The summed E-state index contributed by atoms with van der Waals surface area (Å²) < 4.78 is 5.91. The maximum Gasteiger partial charge on any atom is 0.174 e. The summed E-state index contributed by atoms with van der Waals surface area (Å²) in [5, 5.41) is 0. The van der Waals surface area contributed by atoms with Crippen molar-refractivity contribution in [1.82, 2.24) is 9.97 Å². The smallest absolute Gasteiger partial charge is 0.174 e. The summed E-state index contributed by atoms with van der Waals surface area (Å²) in [4.78, 5) is 7.27. The average Bonchev–Trinajstić information content (AvgIpc) is 2.71.